The van der Waals surface area contributed by atoms with Crippen LogP contribution in [0.2, 0.25) is 0 Å². The Kier molecular flexibility index (Phi) is 8.54. The number of piperidine rings is 1. The first-order chi connectivity index (χ1) is 21.6. The van der Waals surface area contributed by atoms with Crippen LogP contribution in [0, 0.1) is 17.2 Å². The molecule has 0 spiro atoms. The maximum atomic E-state index is 14.5. The summed E-state index contributed by atoms with van der Waals surface area (Å²) in [5, 5.41) is 20.4. The smallest absolute Gasteiger partial charge is 0.379 e. The fourth-order valence-corrected chi connectivity index (χ4v) is 6.61. The highest BCUT2D eigenvalue weighted by molar-refractivity contribution is 6.10. The summed E-state index contributed by atoms with van der Waals surface area (Å²) in [6, 6.07) is 8.64. The van der Waals surface area contributed by atoms with Gasteiger partial charge in [0, 0.05) is 50.5 Å². The van der Waals surface area contributed by atoms with Crippen LogP contribution in [0.1, 0.15) is 71.0 Å². The molecule has 10 nitrogen and oxygen atoms in total. The van der Waals surface area contributed by atoms with E-state index >= 15 is 0 Å². The standard InChI is InChI=1S/C32H37F3N8O2/c1-21-6-5-9-42(15-21)16-22-10-24-25(26(11-22)32(33,34)35)17-43(30(24)44)28-13-23(12-27(39-28)37-8-4-3-7-36)31(18-45-19-31)14-29-40-38-20-41(29)2/h10-13,20-21H,3-6,8-9,14-19H2,1-2H3,(H,37,39)/t21-/m0/s1. The number of carbonyl (C=O) groups excluding carboxylic acids is 1. The molecule has 45 heavy (non-hydrogen) atoms. The van der Waals surface area contributed by atoms with Gasteiger partial charge in [0.1, 0.15) is 23.8 Å². The summed E-state index contributed by atoms with van der Waals surface area (Å²) in [5.41, 5.74) is 0.118. The summed E-state index contributed by atoms with van der Waals surface area (Å²) in [6.07, 6.45) is 0.595. The molecule has 6 rings (SSSR count). The van der Waals surface area contributed by atoms with Crippen molar-refractivity contribution in [2.75, 3.05) is 43.1 Å². The normalized spacial score (nSPS) is 19.7. The molecule has 0 radical (unpaired) electrons. The second-order valence-electron chi connectivity index (χ2n) is 12.6. The molecule has 1 aromatic carbocycles. The number of amides is 1. The molecular weight excluding hydrogens is 585 g/mol. The fraction of sp³-hybridized carbons (Fsp3) is 0.531. The number of nitriles is 1. The zero-order chi connectivity index (χ0) is 31.8. The highest BCUT2D eigenvalue weighted by Crippen LogP contribution is 2.42. The molecule has 0 unspecified atom stereocenters. The lowest BCUT2D eigenvalue weighted by molar-refractivity contribution is -0.138. The van der Waals surface area contributed by atoms with Gasteiger partial charge in [-0.15, -0.1) is 10.2 Å². The van der Waals surface area contributed by atoms with Gasteiger partial charge in [-0.1, -0.05) is 6.92 Å². The number of rotatable bonds is 10. The van der Waals surface area contributed by atoms with Gasteiger partial charge in [-0.05, 0) is 72.7 Å². The quantitative estimate of drug-likeness (QED) is 0.320. The molecule has 3 aliphatic heterocycles. The first-order valence-electron chi connectivity index (χ1n) is 15.4. The molecule has 13 heteroatoms. The molecule has 1 amide bonds. The SMILES string of the molecule is C[C@H]1CCCN(Cc2cc3c(c(C(F)(F)F)c2)CN(c2cc(C4(Cc5nncn5C)COC4)cc(NCCCC#N)n2)C3=O)C1. The van der Waals surface area contributed by atoms with E-state index in [1.807, 2.05) is 17.7 Å². The van der Waals surface area contributed by atoms with E-state index in [-0.39, 0.29) is 23.5 Å². The maximum Gasteiger partial charge on any atom is 0.416 e. The fourth-order valence-electron chi connectivity index (χ4n) is 6.61. The Morgan fingerprint density at radius 1 is 1.22 bits per heavy atom. The summed E-state index contributed by atoms with van der Waals surface area (Å²) >= 11 is 0. The van der Waals surface area contributed by atoms with Gasteiger partial charge < -0.3 is 14.6 Å². The van der Waals surface area contributed by atoms with Crippen LogP contribution in [-0.4, -0.2) is 63.4 Å². The third kappa shape index (κ3) is 6.39. The van der Waals surface area contributed by atoms with Gasteiger partial charge in [0.2, 0.25) is 0 Å². The number of aromatic nitrogens is 4. The molecule has 3 aliphatic rings. The van der Waals surface area contributed by atoms with Crippen LogP contribution in [0.25, 0.3) is 0 Å². The van der Waals surface area contributed by atoms with Gasteiger partial charge in [-0.25, -0.2) is 4.98 Å². The molecule has 1 atom stereocenters. The predicted octanol–water partition coefficient (Wildman–Crippen LogP) is 4.85. The van der Waals surface area contributed by atoms with Crippen molar-refractivity contribution in [1.29, 1.82) is 5.26 Å². The van der Waals surface area contributed by atoms with Crippen molar-refractivity contribution in [2.24, 2.45) is 13.0 Å². The third-order valence-corrected chi connectivity index (χ3v) is 9.08. The second kappa shape index (κ2) is 12.4. The lowest BCUT2D eigenvalue weighted by Gasteiger charge is -2.42. The average Bonchev–Trinajstić information content (AvgIpc) is 3.54. The van der Waals surface area contributed by atoms with E-state index in [0.717, 1.165) is 37.3 Å². The zero-order valence-corrected chi connectivity index (χ0v) is 25.5. The van der Waals surface area contributed by atoms with Crippen molar-refractivity contribution in [3.8, 4) is 6.07 Å². The Bertz CT molecular complexity index is 1610. The molecular formula is C32H37F3N8O2. The first kappa shape index (κ1) is 31.0. The number of aryl methyl sites for hydroxylation is 1. The number of ether oxygens (including phenoxy) is 1. The number of carbonyl (C=O) groups is 1. The van der Waals surface area contributed by atoms with Gasteiger partial charge >= 0.3 is 6.18 Å². The van der Waals surface area contributed by atoms with Crippen LogP contribution >= 0.6 is 0 Å². The number of nitrogens with zero attached hydrogens (tertiary/aromatic N) is 7. The van der Waals surface area contributed by atoms with Crippen LogP contribution in [-0.2, 0) is 42.9 Å². The number of nitrogens with one attached hydrogen (secondary N) is 1. The van der Waals surface area contributed by atoms with Gasteiger partial charge in [0.15, 0.2) is 0 Å². The number of pyridine rings is 1. The minimum atomic E-state index is -4.61. The highest BCUT2D eigenvalue weighted by atomic mass is 19.4. The largest absolute Gasteiger partial charge is 0.416 e. The Balaban J connectivity index is 1.36. The van der Waals surface area contributed by atoms with Crippen molar-refractivity contribution in [1.82, 2.24) is 24.6 Å². The number of fused-ring (bicyclic) bond motifs is 1. The number of hydrogen-bond acceptors (Lipinski definition) is 8. The Hall–Kier alpha value is -4.02. The number of likely N-dealkylation sites (tertiary alicyclic amines) is 1. The zero-order valence-electron chi connectivity index (χ0n) is 25.5. The maximum absolute atomic E-state index is 14.5. The molecule has 2 fully saturated rings. The topological polar surface area (TPSA) is 112 Å². The molecule has 238 valence electrons. The lowest BCUT2D eigenvalue weighted by atomic mass is 9.75. The number of unbranched alkanes of at least 4 members (excludes halogenated alkanes) is 1. The minimum Gasteiger partial charge on any atom is -0.379 e. The Labute approximate surface area is 260 Å². The molecule has 2 aromatic heterocycles. The molecule has 0 saturated carbocycles. The van der Waals surface area contributed by atoms with E-state index in [4.69, 9.17) is 15.0 Å². The molecule has 3 aromatic rings. The number of alkyl halides is 3. The highest BCUT2D eigenvalue weighted by Gasteiger charge is 2.44. The number of anilines is 2. The van der Waals surface area contributed by atoms with Crippen molar-refractivity contribution < 1.29 is 22.7 Å². The summed E-state index contributed by atoms with van der Waals surface area (Å²) < 4.78 is 50.9. The third-order valence-electron chi connectivity index (χ3n) is 9.08. The number of benzene rings is 1. The number of halogens is 3. The summed E-state index contributed by atoms with van der Waals surface area (Å²) in [6.45, 7) is 5.20. The van der Waals surface area contributed by atoms with Crippen LogP contribution in [0.5, 0.6) is 0 Å². The summed E-state index contributed by atoms with van der Waals surface area (Å²) in [5.74, 6) is 1.48. The molecule has 0 bridgehead atoms. The molecule has 1 N–H and O–H groups in total. The van der Waals surface area contributed by atoms with E-state index in [2.05, 4.69) is 33.4 Å². The summed E-state index contributed by atoms with van der Waals surface area (Å²) in [4.78, 5) is 22.1. The lowest BCUT2D eigenvalue weighted by Crippen LogP contribution is -2.49. The van der Waals surface area contributed by atoms with Crippen molar-refractivity contribution in [3.63, 3.8) is 0 Å². The van der Waals surface area contributed by atoms with Gasteiger partial charge in [-0.3, -0.25) is 14.6 Å². The van der Waals surface area contributed by atoms with Crippen LogP contribution < -0.4 is 10.2 Å². The average molecular weight is 623 g/mol. The molecule has 5 heterocycles. The summed E-state index contributed by atoms with van der Waals surface area (Å²) in [7, 11) is 1.86. The Morgan fingerprint density at radius 3 is 2.71 bits per heavy atom. The minimum absolute atomic E-state index is 0.0280. The van der Waals surface area contributed by atoms with Crippen LogP contribution in [0.15, 0.2) is 30.6 Å². The van der Waals surface area contributed by atoms with E-state index in [1.54, 1.807) is 18.5 Å². The number of hydrogen-bond donors (Lipinski definition) is 1. The van der Waals surface area contributed by atoms with Crippen molar-refractivity contribution >= 4 is 17.5 Å². The first-order valence-corrected chi connectivity index (χ1v) is 15.4. The van der Waals surface area contributed by atoms with Crippen molar-refractivity contribution in [3.05, 3.63) is 64.2 Å². The monoisotopic (exact) mass is 622 g/mol. The van der Waals surface area contributed by atoms with E-state index < -0.39 is 23.1 Å². The van der Waals surface area contributed by atoms with Crippen molar-refractivity contribution in [2.45, 2.75) is 63.7 Å². The predicted molar refractivity (Wildman–Crippen MR) is 160 cm³/mol. The van der Waals surface area contributed by atoms with Crippen LogP contribution in [0.4, 0.5) is 24.8 Å². The van der Waals surface area contributed by atoms with Gasteiger partial charge in [0.25, 0.3) is 5.91 Å². The van der Waals surface area contributed by atoms with E-state index in [9.17, 15) is 18.0 Å². The van der Waals surface area contributed by atoms with Gasteiger partial charge in [-0.2, -0.15) is 18.4 Å². The van der Waals surface area contributed by atoms with Crippen LogP contribution in [0.3, 0.4) is 0 Å². The van der Waals surface area contributed by atoms with E-state index in [1.165, 1.54) is 11.0 Å². The Morgan fingerprint density at radius 2 is 2.04 bits per heavy atom. The second-order valence-corrected chi connectivity index (χ2v) is 12.6. The van der Waals surface area contributed by atoms with Gasteiger partial charge in [0.05, 0.1) is 31.4 Å². The molecule has 2 saturated heterocycles. The molecule has 0 aliphatic carbocycles. The van der Waals surface area contributed by atoms with E-state index in [0.29, 0.717) is 62.9 Å².